The topological polar surface area (TPSA) is 12.0 Å². The summed E-state index contributed by atoms with van der Waals surface area (Å²) in [5.74, 6) is 0. The van der Waals surface area contributed by atoms with Gasteiger partial charge >= 0.3 is 0 Å². The number of allylic oxidation sites excluding steroid dienone is 1. The average Bonchev–Trinajstić information content (AvgIpc) is 2.83. The minimum atomic E-state index is 0.348. The molecule has 1 nitrogen and oxygen atoms in total. The second-order valence-corrected chi connectivity index (χ2v) is 5.08. The van der Waals surface area contributed by atoms with Crippen LogP contribution in [0.15, 0.2) is 29.8 Å². The normalized spacial score (nSPS) is 17.0. The fourth-order valence-electron chi connectivity index (χ4n) is 2.41. The summed E-state index contributed by atoms with van der Waals surface area (Å²) in [5.41, 5.74) is 3.95. The van der Waals surface area contributed by atoms with E-state index >= 15 is 0 Å². The van der Waals surface area contributed by atoms with Gasteiger partial charge in [-0.3, -0.25) is 0 Å². The molecule has 92 valence electrons. The van der Waals surface area contributed by atoms with Gasteiger partial charge in [-0.2, -0.15) is 0 Å². The molecule has 17 heavy (non-hydrogen) atoms. The molecule has 1 aromatic rings. The van der Waals surface area contributed by atoms with Crippen molar-refractivity contribution in [1.29, 1.82) is 0 Å². The molecule has 2 rings (SSSR count). The summed E-state index contributed by atoms with van der Waals surface area (Å²) < 4.78 is 0. The number of benzene rings is 1. The van der Waals surface area contributed by atoms with Crippen molar-refractivity contribution < 1.29 is 0 Å². The molecule has 1 unspecified atom stereocenters. The molecule has 1 atom stereocenters. The number of nitrogens with one attached hydrogen (secondary N) is 1. The molecule has 1 aliphatic rings. The highest BCUT2D eigenvalue weighted by atomic mass is 35.5. The third kappa shape index (κ3) is 2.91. The quantitative estimate of drug-likeness (QED) is 0.780. The zero-order chi connectivity index (χ0) is 12.3. The first kappa shape index (κ1) is 12.7. The van der Waals surface area contributed by atoms with E-state index in [0.717, 1.165) is 17.1 Å². The maximum absolute atomic E-state index is 6.22. The number of hydrogen-bond donors (Lipinski definition) is 1. The zero-order valence-corrected chi connectivity index (χ0v) is 11.3. The first-order chi connectivity index (χ1) is 8.22. The molecule has 0 fully saturated rings. The predicted octanol–water partition coefficient (Wildman–Crippen LogP) is 4.41. The second kappa shape index (κ2) is 5.70. The van der Waals surface area contributed by atoms with E-state index in [0.29, 0.717) is 6.04 Å². The molecule has 0 amide bonds. The maximum Gasteiger partial charge on any atom is 0.0536 e. The van der Waals surface area contributed by atoms with E-state index in [1.807, 2.05) is 6.92 Å². The van der Waals surface area contributed by atoms with Crippen LogP contribution >= 0.6 is 11.6 Å². The number of halogens is 1. The third-order valence-electron chi connectivity index (χ3n) is 3.38. The zero-order valence-electron chi connectivity index (χ0n) is 10.6. The fraction of sp³-hybridized carbons (Fsp3) is 0.467. The average molecular weight is 250 g/mol. The van der Waals surface area contributed by atoms with Crippen LogP contribution in [-0.4, -0.2) is 6.54 Å². The van der Waals surface area contributed by atoms with Crippen LogP contribution in [0.5, 0.6) is 0 Å². The van der Waals surface area contributed by atoms with Crippen molar-refractivity contribution >= 4 is 11.6 Å². The summed E-state index contributed by atoms with van der Waals surface area (Å²) in [7, 11) is 0. The third-order valence-corrected chi connectivity index (χ3v) is 3.79. The number of rotatable bonds is 4. The molecule has 1 aliphatic carbocycles. The molecular formula is C15H20ClN. The number of likely N-dealkylation sites (N-methyl/N-ethyl adjacent to an activating group) is 1. The van der Waals surface area contributed by atoms with Gasteiger partial charge in [-0.05, 0) is 49.9 Å². The van der Waals surface area contributed by atoms with Gasteiger partial charge in [-0.25, -0.2) is 0 Å². The lowest BCUT2D eigenvalue weighted by Crippen LogP contribution is -2.22. The Morgan fingerprint density at radius 1 is 1.41 bits per heavy atom. The number of aryl methyl sites for hydroxylation is 1. The maximum atomic E-state index is 6.22. The minimum absolute atomic E-state index is 0.348. The predicted molar refractivity (Wildman–Crippen MR) is 74.5 cm³/mol. The van der Waals surface area contributed by atoms with Gasteiger partial charge in [0, 0.05) is 5.02 Å². The smallest absolute Gasteiger partial charge is 0.0536 e. The van der Waals surface area contributed by atoms with Crippen molar-refractivity contribution in [2.45, 2.75) is 39.2 Å². The van der Waals surface area contributed by atoms with E-state index < -0.39 is 0 Å². The van der Waals surface area contributed by atoms with Gasteiger partial charge in [-0.1, -0.05) is 42.3 Å². The van der Waals surface area contributed by atoms with Crippen molar-refractivity contribution in [3.8, 4) is 0 Å². The van der Waals surface area contributed by atoms with Gasteiger partial charge in [-0.15, -0.1) is 0 Å². The second-order valence-electron chi connectivity index (χ2n) is 4.67. The molecule has 0 spiro atoms. The van der Waals surface area contributed by atoms with Gasteiger partial charge in [0.2, 0.25) is 0 Å². The highest BCUT2D eigenvalue weighted by Crippen LogP contribution is 2.32. The molecule has 0 saturated heterocycles. The van der Waals surface area contributed by atoms with Crippen LogP contribution in [0.4, 0.5) is 0 Å². The van der Waals surface area contributed by atoms with Crippen LogP contribution in [0.1, 0.15) is 43.4 Å². The standard InChI is InChI=1S/C15H20ClN/c1-3-17-15(12-6-4-5-7-12)13-9-8-11(2)14(16)10-13/h6,8-10,15,17H,3-5,7H2,1-2H3. The highest BCUT2D eigenvalue weighted by Gasteiger charge is 2.18. The van der Waals surface area contributed by atoms with Crippen LogP contribution in [0.25, 0.3) is 0 Å². The Morgan fingerprint density at radius 2 is 2.24 bits per heavy atom. The Bertz CT molecular complexity index is 423. The van der Waals surface area contributed by atoms with Crippen LogP contribution < -0.4 is 5.32 Å². The number of hydrogen-bond acceptors (Lipinski definition) is 1. The largest absolute Gasteiger partial charge is 0.307 e. The summed E-state index contributed by atoms with van der Waals surface area (Å²) in [4.78, 5) is 0. The van der Waals surface area contributed by atoms with Gasteiger partial charge in [0.05, 0.1) is 6.04 Å². The summed E-state index contributed by atoms with van der Waals surface area (Å²) >= 11 is 6.22. The molecule has 1 aromatic carbocycles. The fourth-order valence-corrected chi connectivity index (χ4v) is 2.60. The van der Waals surface area contributed by atoms with E-state index in [1.165, 1.54) is 30.4 Å². The van der Waals surface area contributed by atoms with E-state index in [4.69, 9.17) is 11.6 Å². The molecule has 2 heteroatoms. The van der Waals surface area contributed by atoms with Crippen molar-refractivity contribution in [1.82, 2.24) is 5.32 Å². The van der Waals surface area contributed by atoms with E-state index in [1.54, 1.807) is 0 Å². The molecule has 1 N–H and O–H groups in total. The summed E-state index contributed by atoms with van der Waals surface area (Å²) in [6.07, 6.45) is 6.10. The molecule has 0 bridgehead atoms. The Balaban J connectivity index is 2.28. The van der Waals surface area contributed by atoms with Gasteiger partial charge in [0.1, 0.15) is 0 Å². The van der Waals surface area contributed by atoms with Gasteiger partial charge < -0.3 is 5.32 Å². The van der Waals surface area contributed by atoms with Gasteiger partial charge in [0.15, 0.2) is 0 Å². The van der Waals surface area contributed by atoms with Crippen LogP contribution in [-0.2, 0) is 0 Å². The van der Waals surface area contributed by atoms with Crippen molar-refractivity contribution in [3.63, 3.8) is 0 Å². The van der Waals surface area contributed by atoms with Crippen LogP contribution in [0.3, 0.4) is 0 Å². The Morgan fingerprint density at radius 3 is 2.82 bits per heavy atom. The lowest BCUT2D eigenvalue weighted by atomic mass is 9.97. The van der Waals surface area contributed by atoms with E-state index in [2.05, 4.69) is 36.5 Å². The van der Waals surface area contributed by atoms with Crippen molar-refractivity contribution in [2.75, 3.05) is 6.54 Å². The molecule has 0 saturated carbocycles. The summed E-state index contributed by atoms with van der Waals surface area (Å²) in [6.45, 7) is 5.18. The van der Waals surface area contributed by atoms with E-state index in [9.17, 15) is 0 Å². The molecule has 0 radical (unpaired) electrons. The van der Waals surface area contributed by atoms with Gasteiger partial charge in [0.25, 0.3) is 0 Å². The summed E-state index contributed by atoms with van der Waals surface area (Å²) in [6, 6.07) is 6.75. The molecule has 0 aromatic heterocycles. The molecular weight excluding hydrogens is 230 g/mol. The van der Waals surface area contributed by atoms with E-state index in [-0.39, 0.29) is 0 Å². The Hall–Kier alpha value is -0.790. The lowest BCUT2D eigenvalue weighted by molar-refractivity contribution is 0.605. The first-order valence-electron chi connectivity index (χ1n) is 6.40. The molecule has 0 aliphatic heterocycles. The summed E-state index contributed by atoms with van der Waals surface area (Å²) in [5, 5.41) is 4.43. The van der Waals surface area contributed by atoms with Crippen molar-refractivity contribution in [3.05, 3.63) is 46.0 Å². The minimum Gasteiger partial charge on any atom is -0.307 e. The van der Waals surface area contributed by atoms with Crippen molar-refractivity contribution in [2.24, 2.45) is 0 Å². The van der Waals surface area contributed by atoms with Crippen LogP contribution in [0, 0.1) is 6.92 Å². The monoisotopic (exact) mass is 249 g/mol. The molecule has 0 heterocycles. The Labute approximate surface area is 109 Å². The SMILES string of the molecule is CCNC(C1=CCCC1)c1ccc(C)c(Cl)c1. The first-order valence-corrected chi connectivity index (χ1v) is 6.78. The lowest BCUT2D eigenvalue weighted by Gasteiger charge is -2.20. The Kier molecular flexibility index (Phi) is 4.25. The van der Waals surface area contributed by atoms with Crippen LogP contribution in [0.2, 0.25) is 5.02 Å². The highest BCUT2D eigenvalue weighted by molar-refractivity contribution is 6.31.